The molecule has 0 heterocycles. The lowest BCUT2D eigenvalue weighted by molar-refractivity contribution is -0.384. The highest BCUT2D eigenvalue weighted by Crippen LogP contribution is 2.54. The second-order valence-corrected chi connectivity index (χ2v) is 6.79. The van der Waals surface area contributed by atoms with Gasteiger partial charge in [0.25, 0.3) is 5.69 Å². The first-order chi connectivity index (χ1) is 13.6. The van der Waals surface area contributed by atoms with Crippen LogP contribution < -0.4 is 0 Å². The molecule has 0 N–H and O–H groups in total. The van der Waals surface area contributed by atoms with Crippen molar-refractivity contribution in [1.29, 1.82) is 0 Å². The number of non-ortho nitro benzene ring substituents is 1. The predicted molar refractivity (Wildman–Crippen MR) is 92.5 cm³/mol. The van der Waals surface area contributed by atoms with Crippen LogP contribution in [0, 0.1) is 10.1 Å². The van der Waals surface area contributed by atoms with Gasteiger partial charge in [-0.25, -0.2) is 4.39 Å². The molecule has 0 aliphatic carbocycles. The number of hydrogen-bond donors (Lipinski definition) is 0. The van der Waals surface area contributed by atoms with E-state index in [1.54, 1.807) is 0 Å². The molecule has 2 aromatic carbocycles. The van der Waals surface area contributed by atoms with Crippen molar-refractivity contribution in [3.63, 3.8) is 0 Å². The van der Waals surface area contributed by atoms with E-state index in [9.17, 15) is 45.6 Å². The van der Waals surface area contributed by atoms with Crippen LogP contribution in [0.15, 0.2) is 36.4 Å². The van der Waals surface area contributed by atoms with Crippen LogP contribution in [0.5, 0.6) is 0 Å². The van der Waals surface area contributed by atoms with Gasteiger partial charge in [-0.3, -0.25) is 14.9 Å². The van der Waals surface area contributed by atoms with Crippen LogP contribution in [0.1, 0.15) is 21.5 Å². The van der Waals surface area contributed by atoms with Gasteiger partial charge in [0.2, 0.25) is 0 Å². The van der Waals surface area contributed by atoms with Crippen LogP contribution in [0.25, 0.3) is 0 Å². The molecule has 162 valence electrons. The maximum atomic E-state index is 14.2. The second-order valence-electron chi connectivity index (χ2n) is 5.98. The first-order valence-electron chi connectivity index (χ1n) is 7.68. The fraction of sp³-hybridized carbons (Fsp3) is 0.235. The molecule has 2 rings (SSSR count). The number of benzene rings is 2. The molecule has 13 heteroatoms. The molecule has 0 saturated heterocycles. The summed E-state index contributed by atoms with van der Waals surface area (Å²) in [7, 11) is 0. The van der Waals surface area contributed by atoms with E-state index in [1.165, 1.54) is 0 Å². The summed E-state index contributed by atoms with van der Waals surface area (Å²) in [6.07, 6.45) is -13.4. The molecule has 0 aromatic heterocycles. The van der Waals surface area contributed by atoms with Gasteiger partial charge in [-0.05, 0) is 29.8 Å². The van der Waals surface area contributed by atoms with Gasteiger partial charge < -0.3 is 0 Å². The molecule has 2 aromatic rings. The average Bonchev–Trinajstić information content (AvgIpc) is 2.61. The first-order valence-corrected chi connectivity index (χ1v) is 8.43. The van der Waals surface area contributed by atoms with E-state index < -0.39 is 50.8 Å². The van der Waals surface area contributed by atoms with Crippen molar-refractivity contribution in [2.24, 2.45) is 0 Å². The highest BCUT2D eigenvalue weighted by Gasteiger charge is 2.73. The molecule has 0 unspecified atom stereocenters. The van der Waals surface area contributed by atoms with E-state index >= 15 is 0 Å². The van der Waals surface area contributed by atoms with Crippen LogP contribution in [-0.4, -0.2) is 23.1 Å². The summed E-state index contributed by atoms with van der Waals surface area (Å²) in [5.41, 5.74) is -8.32. The van der Waals surface area contributed by atoms with Crippen LogP contribution in [0.4, 0.5) is 36.4 Å². The maximum absolute atomic E-state index is 14.2. The lowest BCUT2D eigenvalue weighted by Crippen LogP contribution is -2.50. The molecule has 0 atom stereocenters. The molecule has 0 saturated carbocycles. The Hall–Kier alpha value is -2.40. The monoisotopic (exact) mass is 477 g/mol. The fourth-order valence-electron chi connectivity index (χ4n) is 2.49. The van der Waals surface area contributed by atoms with Crippen molar-refractivity contribution in [3.05, 3.63) is 73.2 Å². The molecule has 0 fully saturated rings. The van der Waals surface area contributed by atoms with E-state index in [0.717, 1.165) is 24.3 Å². The third-order valence-corrected chi connectivity index (χ3v) is 4.73. The quantitative estimate of drug-likeness (QED) is 0.210. The van der Waals surface area contributed by atoms with Gasteiger partial charge in [0.1, 0.15) is 0 Å². The summed E-state index contributed by atoms with van der Waals surface area (Å²) in [6.45, 7) is 0. The van der Waals surface area contributed by atoms with Crippen molar-refractivity contribution in [2.75, 3.05) is 0 Å². The average molecular weight is 478 g/mol. The standard InChI is InChI=1S/C17H8Cl2F7NO3/c18-12-5-9(15(20,16(21,22)23)17(24,25)26)6-13(19)11(12)7-14(28)8-1-3-10(4-2-8)27(29)30/h1-6H,7H2. The van der Waals surface area contributed by atoms with Gasteiger partial charge in [0.15, 0.2) is 5.78 Å². The minimum Gasteiger partial charge on any atom is -0.294 e. The number of carbonyl (C=O) groups excluding carboxylic acids is 1. The van der Waals surface area contributed by atoms with Crippen LogP contribution >= 0.6 is 23.2 Å². The molecule has 4 nitrogen and oxygen atoms in total. The number of alkyl halides is 7. The van der Waals surface area contributed by atoms with E-state index in [-0.39, 0.29) is 28.9 Å². The van der Waals surface area contributed by atoms with E-state index in [2.05, 4.69) is 0 Å². The van der Waals surface area contributed by atoms with E-state index in [0.29, 0.717) is 0 Å². The lowest BCUT2D eigenvalue weighted by atomic mass is 9.92. The zero-order chi connectivity index (χ0) is 23.1. The number of carbonyl (C=O) groups is 1. The highest BCUT2D eigenvalue weighted by atomic mass is 35.5. The van der Waals surface area contributed by atoms with Gasteiger partial charge >= 0.3 is 18.0 Å². The number of nitro groups is 1. The van der Waals surface area contributed by atoms with Crippen LogP contribution in [-0.2, 0) is 12.1 Å². The smallest absolute Gasteiger partial charge is 0.294 e. The third kappa shape index (κ3) is 4.36. The lowest BCUT2D eigenvalue weighted by Gasteiger charge is -2.30. The van der Waals surface area contributed by atoms with Crippen LogP contribution in [0.3, 0.4) is 0 Å². The topological polar surface area (TPSA) is 60.2 Å². The molecule has 0 radical (unpaired) electrons. The summed E-state index contributed by atoms with van der Waals surface area (Å²) in [5, 5.41) is 9.03. The number of hydrogen-bond acceptors (Lipinski definition) is 3. The SMILES string of the molecule is O=C(Cc1c(Cl)cc(C(F)(C(F)(F)F)C(F)(F)F)cc1Cl)c1ccc([N+](=O)[O-])cc1. The maximum Gasteiger partial charge on any atom is 0.435 e. The Balaban J connectivity index is 2.43. The third-order valence-electron chi connectivity index (χ3n) is 4.06. The van der Waals surface area contributed by atoms with Gasteiger partial charge in [-0.1, -0.05) is 23.2 Å². The summed E-state index contributed by atoms with van der Waals surface area (Å²) < 4.78 is 91.5. The van der Waals surface area contributed by atoms with Crippen molar-refractivity contribution >= 4 is 34.7 Å². The first kappa shape index (κ1) is 23.9. The number of Topliss-reactive ketones (excluding diaryl/α,β-unsaturated/α-hetero) is 1. The number of nitrogens with zero attached hydrogens (tertiary/aromatic N) is 1. The minimum absolute atomic E-state index is 0.0535. The molecular formula is C17H8Cl2F7NO3. The Bertz CT molecular complexity index is 951. The molecule has 0 amide bonds. The van der Waals surface area contributed by atoms with Gasteiger partial charge in [0.05, 0.1) is 4.92 Å². The summed E-state index contributed by atoms with van der Waals surface area (Å²) >= 11 is 11.4. The van der Waals surface area contributed by atoms with Crippen molar-refractivity contribution in [1.82, 2.24) is 0 Å². The number of ketones is 1. The Kier molecular flexibility index (Phi) is 6.39. The summed E-state index contributed by atoms with van der Waals surface area (Å²) in [4.78, 5) is 22.2. The number of nitro benzene ring substituents is 1. The predicted octanol–water partition coefficient (Wildman–Crippen LogP) is 6.62. The van der Waals surface area contributed by atoms with Crippen molar-refractivity contribution < 1.29 is 40.5 Å². The summed E-state index contributed by atoms with van der Waals surface area (Å²) in [5.74, 6) is -0.736. The largest absolute Gasteiger partial charge is 0.435 e. The normalized spacial score (nSPS) is 12.7. The van der Waals surface area contributed by atoms with Gasteiger partial charge in [-0.2, -0.15) is 26.3 Å². The zero-order valence-corrected chi connectivity index (χ0v) is 15.8. The Labute approximate surface area is 173 Å². The second kappa shape index (κ2) is 8.03. The summed E-state index contributed by atoms with van der Waals surface area (Å²) in [6, 6.07) is 4.43. The number of halogens is 9. The highest BCUT2D eigenvalue weighted by molar-refractivity contribution is 6.36. The van der Waals surface area contributed by atoms with E-state index in [4.69, 9.17) is 23.2 Å². The van der Waals surface area contributed by atoms with E-state index in [1.807, 2.05) is 0 Å². The van der Waals surface area contributed by atoms with Crippen molar-refractivity contribution in [2.45, 2.75) is 24.4 Å². The van der Waals surface area contributed by atoms with Crippen molar-refractivity contribution in [3.8, 4) is 0 Å². The Morgan fingerprint density at radius 1 is 0.900 bits per heavy atom. The zero-order valence-electron chi connectivity index (χ0n) is 14.2. The number of rotatable bonds is 5. The minimum atomic E-state index is -6.35. The molecule has 0 bridgehead atoms. The van der Waals surface area contributed by atoms with Gasteiger partial charge in [0, 0.05) is 39.7 Å². The molecule has 0 aliphatic heterocycles. The molecule has 30 heavy (non-hydrogen) atoms. The Morgan fingerprint density at radius 2 is 1.33 bits per heavy atom. The van der Waals surface area contributed by atoms with Gasteiger partial charge in [-0.15, -0.1) is 0 Å². The molecule has 0 spiro atoms. The van der Waals surface area contributed by atoms with Crippen LogP contribution in [0.2, 0.25) is 10.0 Å². The Morgan fingerprint density at radius 3 is 1.70 bits per heavy atom. The molecule has 0 aliphatic rings. The fourth-order valence-corrected chi connectivity index (χ4v) is 3.11. The molecular weight excluding hydrogens is 470 g/mol.